The van der Waals surface area contributed by atoms with Gasteiger partial charge in [-0.05, 0) is 32.4 Å². The van der Waals surface area contributed by atoms with E-state index in [1.807, 2.05) is 38.1 Å². The van der Waals surface area contributed by atoms with Crippen LogP contribution in [-0.4, -0.2) is 18.5 Å². The molecule has 0 radical (unpaired) electrons. The Balaban J connectivity index is 3.09. The SMILES string of the molecule is C=C(C(CC)C(=O)OCC)N(C(C)=O)c1ccc(C)cc1. The Hall–Kier alpha value is -2.10. The number of ether oxygens (including phenoxy) is 1. The maximum atomic E-state index is 12.0. The van der Waals surface area contributed by atoms with Crippen molar-refractivity contribution in [3.05, 3.63) is 42.1 Å². The van der Waals surface area contributed by atoms with Crippen LogP contribution in [-0.2, 0) is 14.3 Å². The summed E-state index contributed by atoms with van der Waals surface area (Å²) in [4.78, 5) is 25.5. The lowest BCUT2D eigenvalue weighted by Crippen LogP contribution is -2.34. The molecule has 0 aliphatic carbocycles. The van der Waals surface area contributed by atoms with Gasteiger partial charge < -0.3 is 4.74 Å². The smallest absolute Gasteiger partial charge is 0.314 e. The summed E-state index contributed by atoms with van der Waals surface area (Å²) in [6.45, 7) is 11.3. The highest BCUT2D eigenvalue weighted by Gasteiger charge is 2.27. The topological polar surface area (TPSA) is 46.6 Å². The number of nitrogens with zero attached hydrogens (tertiary/aromatic N) is 1. The molecule has 0 spiro atoms. The highest BCUT2D eigenvalue weighted by atomic mass is 16.5. The maximum absolute atomic E-state index is 12.0. The number of anilines is 1. The highest BCUT2D eigenvalue weighted by molar-refractivity contribution is 5.96. The number of esters is 1. The Morgan fingerprint density at radius 2 is 1.81 bits per heavy atom. The molecule has 21 heavy (non-hydrogen) atoms. The second-order valence-electron chi connectivity index (χ2n) is 4.89. The van der Waals surface area contributed by atoms with Gasteiger partial charge in [0.2, 0.25) is 5.91 Å². The third kappa shape index (κ3) is 4.18. The van der Waals surface area contributed by atoms with Crippen LogP contribution in [0, 0.1) is 12.8 Å². The summed E-state index contributed by atoms with van der Waals surface area (Å²) in [5, 5.41) is 0. The van der Waals surface area contributed by atoms with Crippen LogP contribution in [0.3, 0.4) is 0 Å². The number of hydrogen-bond donors (Lipinski definition) is 0. The number of amides is 1. The zero-order valence-electron chi connectivity index (χ0n) is 13.2. The summed E-state index contributed by atoms with van der Waals surface area (Å²) in [5.41, 5.74) is 2.26. The Morgan fingerprint density at radius 3 is 2.24 bits per heavy atom. The third-order valence-electron chi connectivity index (χ3n) is 3.28. The monoisotopic (exact) mass is 289 g/mol. The van der Waals surface area contributed by atoms with Crippen LogP contribution in [0.5, 0.6) is 0 Å². The minimum atomic E-state index is -0.518. The molecule has 0 aromatic heterocycles. The maximum Gasteiger partial charge on any atom is 0.314 e. The molecule has 0 saturated heterocycles. The van der Waals surface area contributed by atoms with Gasteiger partial charge >= 0.3 is 5.97 Å². The van der Waals surface area contributed by atoms with Crippen LogP contribution in [0.15, 0.2) is 36.5 Å². The normalized spacial score (nSPS) is 11.6. The summed E-state index contributed by atoms with van der Waals surface area (Å²) < 4.78 is 5.06. The molecule has 1 atom stereocenters. The van der Waals surface area contributed by atoms with E-state index in [0.29, 0.717) is 24.4 Å². The summed E-state index contributed by atoms with van der Waals surface area (Å²) in [5.74, 6) is -1.04. The van der Waals surface area contributed by atoms with E-state index < -0.39 is 5.92 Å². The quantitative estimate of drug-likeness (QED) is 0.754. The zero-order chi connectivity index (χ0) is 16.0. The number of benzene rings is 1. The van der Waals surface area contributed by atoms with Crippen LogP contribution in [0.25, 0.3) is 0 Å². The predicted octanol–water partition coefficient (Wildman–Crippen LogP) is 3.45. The lowest BCUT2D eigenvalue weighted by molar-refractivity contribution is -0.146. The fraction of sp³-hybridized carbons (Fsp3) is 0.412. The van der Waals surface area contributed by atoms with Crippen molar-refractivity contribution in [2.24, 2.45) is 5.92 Å². The van der Waals surface area contributed by atoms with Gasteiger partial charge in [0.05, 0.1) is 12.5 Å². The van der Waals surface area contributed by atoms with Gasteiger partial charge in [0.15, 0.2) is 0 Å². The first-order valence-electron chi connectivity index (χ1n) is 7.15. The molecule has 1 unspecified atom stereocenters. The number of carbonyl (C=O) groups excluding carboxylic acids is 2. The van der Waals surface area contributed by atoms with E-state index >= 15 is 0 Å². The van der Waals surface area contributed by atoms with Crippen molar-refractivity contribution in [1.29, 1.82) is 0 Å². The van der Waals surface area contributed by atoms with Crippen molar-refractivity contribution < 1.29 is 14.3 Å². The molecule has 4 heteroatoms. The Bertz CT molecular complexity index is 519. The van der Waals surface area contributed by atoms with E-state index in [0.717, 1.165) is 5.56 Å². The molecule has 1 amide bonds. The molecule has 114 valence electrons. The van der Waals surface area contributed by atoms with E-state index in [1.165, 1.54) is 11.8 Å². The fourth-order valence-corrected chi connectivity index (χ4v) is 2.18. The molecule has 0 fully saturated rings. The zero-order valence-corrected chi connectivity index (χ0v) is 13.2. The van der Waals surface area contributed by atoms with E-state index in [4.69, 9.17) is 4.74 Å². The van der Waals surface area contributed by atoms with Crippen molar-refractivity contribution >= 4 is 17.6 Å². The van der Waals surface area contributed by atoms with Gasteiger partial charge in [-0.15, -0.1) is 0 Å². The number of carbonyl (C=O) groups is 2. The third-order valence-corrected chi connectivity index (χ3v) is 3.28. The average Bonchev–Trinajstić information content (AvgIpc) is 2.42. The minimum absolute atomic E-state index is 0.174. The lowest BCUT2D eigenvalue weighted by Gasteiger charge is -2.28. The van der Waals surface area contributed by atoms with E-state index in [2.05, 4.69) is 6.58 Å². The van der Waals surface area contributed by atoms with Crippen molar-refractivity contribution in [3.63, 3.8) is 0 Å². The molecule has 1 aromatic rings. The number of aryl methyl sites for hydroxylation is 1. The second kappa shape index (κ2) is 7.62. The molecule has 0 N–H and O–H groups in total. The molecule has 4 nitrogen and oxygen atoms in total. The van der Waals surface area contributed by atoms with Crippen molar-refractivity contribution in [2.45, 2.75) is 34.1 Å². The van der Waals surface area contributed by atoms with Crippen molar-refractivity contribution in [3.8, 4) is 0 Å². The Kier molecular flexibility index (Phi) is 6.15. The molecule has 0 saturated carbocycles. The van der Waals surface area contributed by atoms with E-state index in [1.54, 1.807) is 6.92 Å². The standard InChI is InChI=1S/C17H23NO3/c1-6-16(17(20)21-7-2)13(4)18(14(5)19)15-10-8-12(3)9-11-15/h8-11,16H,4,6-7H2,1-3,5H3. The number of rotatable bonds is 6. The Morgan fingerprint density at radius 1 is 1.24 bits per heavy atom. The molecule has 0 heterocycles. The molecular formula is C17H23NO3. The van der Waals surface area contributed by atoms with E-state index in [9.17, 15) is 9.59 Å². The fourth-order valence-electron chi connectivity index (χ4n) is 2.18. The van der Waals surface area contributed by atoms with E-state index in [-0.39, 0.29) is 11.9 Å². The van der Waals surface area contributed by atoms with Crippen LogP contribution in [0.1, 0.15) is 32.8 Å². The minimum Gasteiger partial charge on any atom is -0.465 e. The van der Waals surface area contributed by atoms with Gasteiger partial charge in [0, 0.05) is 18.3 Å². The summed E-state index contributed by atoms with van der Waals surface area (Å²) in [6.07, 6.45) is 0.535. The van der Waals surface area contributed by atoms with Crippen molar-refractivity contribution in [2.75, 3.05) is 11.5 Å². The first-order chi connectivity index (χ1) is 9.92. The summed E-state index contributed by atoms with van der Waals surface area (Å²) >= 11 is 0. The average molecular weight is 289 g/mol. The first kappa shape index (κ1) is 17.0. The Labute approximate surface area is 126 Å². The molecular weight excluding hydrogens is 266 g/mol. The molecule has 1 aromatic carbocycles. The number of hydrogen-bond acceptors (Lipinski definition) is 3. The van der Waals surface area contributed by atoms with Gasteiger partial charge in [0.25, 0.3) is 0 Å². The summed E-state index contributed by atoms with van der Waals surface area (Å²) in [6, 6.07) is 7.54. The van der Waals surface area contributed by atoms with Crippen LogP contribution >= 0.6 is 0 Å². The highest BCUT2D eigenvalue weighted by Crippen LogP contribution is 2.26. The van der Waals surface area contributed by atoms with Gasteiger partial charge in [-0.2, -0.15) is 0 Å². The van der Waals surface area contributed by atoms with Gasteiger partial charge in [0.1, 0.15) is 0 Å². The van der Waals surface area contributed by atoms with Crippen LogP contribution < -0.4 is 4.90 Å². The van der Waals surface area contributed by atoms with Gasteiger partial charge in [-0.25, -0.2) is 0 Å². The molecule has 0 aliphatic heterocycles. The predicted molar refractivity (Wildman–Crippen MR) is 83.9 cm³/mol. The molecule has 0 bridgehead atoms. The second-order valence-corrected chi connectivity index (χ2v) is 4.89. The largest absolute Gasteiger partial charge is 0.465 e. The van der Waals surface area contributed by atoms with Gasteiger partial charge in [-0.3, -0.25) is 14.5 Å². The van der Waals surface area contributed by atoms with Crippen LogP contribution in [0.4, 0.5) is 5.69 Å². The summed E-state index contributed by atoms with van der Waals surface area (Å²) in [7, 11) is 0. The lowest BCUT2D eigenvalue weighted by atomic mass is 10.0. The van der Waals surface area contributed by atoms with Crippen LogP contribution in [0.2, 0.25) is 0 Å². The van der Waals surface area contributed by atoms with Crippen molar-refractivity contribution in [1.82, 2.24) is 0 Å². The molecule has 0 aliphatic rings. The van der Waals surface area contributed by atoms with Gasteiger partial charge in [-0.1, -0.05) is 31.2 Å². The first-order valence-corrected chi connectivity index (χ1v) is 7.15. The molecule has 1 rings (SSSR count).